The number of rotatable bonds is 7. The molecule has 0 saturated heterocycles. The lowest BCUT2D eigenvalue weighted by atomic mass is 10.1. The molecule has 0 spiro atoms. The molecule has 0 saturated carbocycles. The Labute approximate surface area is 160 Å². The van der Waals surface area contributed by atoms with Crippen LogP contribution in [-0.4, -0.2) is 22.1 Å². The number of anilines is 1. The molecule has 2 aromatic rings. The maximum atomic E-state index is 12.7. The highest BCUT2D eigenvalue weighted by molar-refractivity contribution is 5.78. The van der Waals surface area contributed by atoms with Crippen molar-refractivity contribution in [3.8, 4) is 0 Å². The lowest BCUT2D eigenvalue weighted by molar-refractivity contribution is -0.120. The Morgan fingerprint density at radius 1 is 1.22 bits per heavy atom. The van der Waals surface area contributed by atoms with Crippen molar-refractivity contribution in [1.82, 2.24) is 15.0 Å². The Bertz CT molecular complexity index is 863. The van der Waals surface area contributed by atoms with Gasteiger partial charge in [-0.05, 0) is 55.5 Å². The van der Waals surface area contributed by atoms with Crippen LogP contribution in [0.4, 0.5) is 5.82 Å². The summed E-state index contributed by atoms with van der Waals surface area (Å²) in [4.78, 5) is 29.3. The summed E-state index contributed by atoms with van der Waals surface area (Å²) in [5, 5.41) is 2.88. The minimum Gasteiger partial charge on any atom is -0.384 e. The van der Waals surface area contributed by atoms with Gasteiger partial charge >= 0.3 is 0 Å². The van der Waals surface area contributed by atoms with E-state index in [1.165, 1.54) is 4.68 Å². The van der Waals surface area contributed by atoms with Crippen molar-refractivity contribution < 1.29 is 4.79 Å². The van der Waals surface area contributed by atoms with E-state index in [1.807, 2.05) is 26.8 Å². The number of nitrogens with two attached hydrogens (primary N) is 1. The molecule has 0 aliphatic carbocycles. The van der Waals surface area contributed by atoms with Crippen LogP contribution in [0.2, 0.25) is 0 Å². The normalized spacial score (nSPS) is 10.9. The summed E-state index contributed by atoms with van der Waals surface area (Å²) in [6, 6.07) is 3.63. The van der Waals surface area contributed by atoms with E-state index in [9.17, 15) is 9.59 Å². The van der Waals surface area contributed by atoms with Gasteiger partial charge in [0.25, 0.3) is 5.56 Å². The summed E-state index contributed by atoms with van der Waals surface area (Å²) in [5.74, 6) is 0.673. The molecule has 0 radical (unpaired) electrons. The molecule has 27 heavy (non-hydrogen) atoms. The van der Waals surface area contributed by atoms with Gasteiger partial charge in [-0.3, -0.25) is 9.59 Å². The van der Waals surface area contributed by atoms with Gasteiger partial charge in [-0.2, -0.15) is 0 Å². The highest BCUT2D eigenvalue weighted by atomic mass is 16.2. The Kier molecular flexibility index (Phi) is 6.60. The predicted molar refractivity (Wildman–Crippen MR) is 108 cm³/mol. The maximum Gasteiger partial charge on any atom is 0.272 e. The molecule has 146 valence electrons. The van der Waals surface area contributed by atoms with Gasteiger partial charge in [0, 0.05) is 30.5 Å². The van der Waals surface area contributed by atoms with Crippen molar-refractivity contribution >= 4 is 11.7 Å². The summed E-state index contributed by atoms with van der Waals surface area (Å²) < 4.78 is 1.45. The third-order valence-corrected chi connectivity index (χ3v) is 4.47. The van der Waals surface area contributed by atoms with Crippen LogP contribution < -0.4 is 22.0 Å². The number of nitrogen functional groups attached to an aromatic ring is 1. The Hall–Kier alpha value is -2.83. The molecule has 7 heteroatoms. The highest BCUT2D eigenvalue weighted by Crippen LogP contribution is 2.14. The Balaban J connectivity index is 2.10. The Morgan fingerprint density at radius 2 is 1.93 bits per heavy atom. The van der Waals surface area contributed by atoms with Gasteiger partial charge in [0.05, 0.1) is 6.42 Å². The largest absolute Gasteiger partial charge is 0.384 e. The number of hydrogen-bond acceptors (Lipinski definition) is 5. The molecule has 0 aliphatic heterocycles. The summed E-state index contributed by atoms with van der Waals surface area (Å²) in [6.07, 6.45) is 1.74. The van der Waals surface area contributed by atoms with Crippen LogP contribution in [0.15, 0.2) is 23.1 Å². The van der Waals surface area contributed by atoms with E-state index in [-0.39, 0.29) is 17.9 Å². The van der Waals surface area contributed by atoms with Crippen molar-refractivity contribution in [3.63, 3.8) is 0 Å². The zero-order valence-electron chi connectivity index (χ0n) is 16.7. The van der Waals surface area contributed by atoms with Crippen molar-refractivity contribution in [1.29, 1.82) is 0 Å². The number of pyridine rings is 2. The molecule has 0 aromatic carbocycles. The van der Waals surface area contributed by atoms with Gasteiger partial charge in [0.2, 0.25) is 5.91 Å². The first kappa shape index (κ1) is 20.5. The maximum absolute atomic E-state index is 12.7. The smallest absolute Gasteiger partial charge is 0.272 e. The van der Waals surface area contributed by atoms with Gasteiger partial charge in [0.1, 0.15) is 5.82 Å². The first-order valence-electron chi connectivity index (χ1n) is 9.13. The summed E-state index contributed by atoms with van der Waals surface area (Å²) in [7, 11) is 0. The first-order valence-corrected chi connectivity index (χ1v) is 9.13. The van der Waals surface area contributed by atoms with E-state index in [1.54, 1.807) is 12.3 Å². The number of hydrogen-bond donors (Lipinski definition) is 3. The number of carbonyl (C=O) groups is 1. The van der Waals surface area contributed by atoms with E-state index >= 15 is 0 Å². The van der Waals surface area contributed by atoms with Gasteiger partial charge < -0.3 is 16.5 Å². The van der Waals surface area contributed by atoms with Crippen LogP contribution in [0.25, 0.3) is 0 Å². The minimum atomic E-state index is -0.201. The average Bonchev–Trinajstić information content (AvgIpc) is 2.56. The highest BCUT2D eigenvalue weighted by Gasteiger charge is 2.13. The van der Waals surface area contributed by atoms with Gasteiger partial charge in [-0.1, -0.05) is 13.8 Å². The molecule has 2 aromatic heterocycles. The number of nitrogens with zero attached hydrogens (tertiary/aromatic N) is 2. The number of aromatic nitrogens is 2. The molecule has 1 amide bonds. The van der Waals surface area contributed by atoms with E-state index in [0.29, 0.717) is 30.4 Å². The third-order valence-electron chi connectivity index (χ3n) is 4.47. The summed E-state index contributed by atoms with van der Waals surface area (Å²) >= 11 is 0. The number of nitrogens with one attached hydrogen (secondary N) is 2. The van der Waals surface area contributed by atoms with Crippen LogP contribution in [-0.2, 0) is 17.8 Å². The zero-order valence-corrected chi connectivity index (χ0v) is 16.7. The second-order valence-electron chi connectivity index (χ2n) is 7.29. The van der Waals surface area contributed by atoms with Gasteiger partial charge in [-0.25, -0.2) is 9.66 Å². The fraction of sp³-hybridized carbons (Fsp3) is 0.450. The molecule has 0 unspecified atom stereocenters. The molecular formula is C20H29N5O2. The van der Waals surface area contributed by atoms with Crippen molar-refractivity contribution in [2.45, 2.75) is 47.6 Å². The van der Waals surface area contributed by atoms with Crippen molar-refractivity contribution in [2.24, 2.45) is 5.92 Å². The molecule has 2 rings (SSSR count). The monoisotopic (exact) mass is 371 g/mol. The third kappa shape index (κ3) is 5.32. The van der Waals surface area contributed by atoms with Gasteiger partial charge in [-0.15, -0.1) is 0 Å². The number of carbonyl (C=O) groups excluding carboxylic acids is 1. The van der Waals surface area contributed by atoms with E-state index < -0.39 is 0 Å². The standard InChI is InChI=1S/C20H29N5O2/c1-12(2)10-23-25-7-6-13(3)16(20(25)27)9-19(26)22-11-17-14(4)8-18(21)24-15(17)5/h6-8,12,23H,9-11H2,1-5H3,(H2,21,24)(H,22,26). The molecule has 7 nitrogen and oxygen atoms in total. The molecule has 0 atom stereocenters. The van der Waals surface area contributed by atoms with E-state index in [0.717, 1.165) is 22.4 Å². The first-order chi connectivity index (χ1) is 12.7. The molecular weight excluding hydrogens is 342 g/mol. The predicted octanol–water partition coefficient (Wildman–Crippen LogP) is 1.81. The van der Waals surface area contributed by atoms with Crippen LogP contribution in [0.3, 0.4) is 0 Å². The summed E-state index contributed by atoms with van der Waals surface area (Å²) in [5.41, 5.74) is 12.7. The molecule has 0 bridgehead atoms. The lowest BCUT2D eigenvalue weighted by Gasteiger charge is -2.15. The van der Waals surface area contributed by atoms with Crippen LogP contribution in [0.1, 0.15) is 41.8 Å². The number of aryl methyl sites for hydroxylation is 3. The average molecular weight is 371 g/mol. The van der Waals surface area contributed by atoms with E-state index in [2.05, 4.69) is 29.6 Å². The minimum absolute atomic E-state index is 0.0371. The quantitative estimate of drug-likeness (QED) is 0.689. The molecule has 0 fully saturated rings. The molecule has 0 aliphatic rings. The summed E-state index contributed by atoms with van der Waals surface area (Å²) in [6.45, 7) is 10.8. The second-order valence-corrected chi connectivity index (χ2v) is 7.29. The fourth-order valence-corrected chi connectivity index (χ4v) is 2.85. The SMILES string of the molecule is Cc1cc(N)nc(C)c1CNC(=O)Cc1c(C)ccn(NCC(C)C)c1=O. The molecule has 2 heterocycles. The topological polar surface area (TPSA) is 102 Å². The van der Waals surface area contributed by atoms with Crippen LogP contribution >= 0.6 is 0 Å². The number of amides is 1. The fourth-order valence-electron chi connectivity index (χ4n) is 2.85. The lowest BCUT2D eigenvalue weighted by Crippen LogP contribution is -2.35. The molecule has 4 N–H and O–H groups in total. The van der Waals surface area contributed by atoms with Crippen LogP contribution in [0.5, 0.6) is 0 Å². The second kappa shape index (κ2) is 8.70. The Morgan fingerprint density at radius 3 is 2.56 bits per heavy atom. The van der Waals surface area contributed by atoms with Crippen molar-refractivity contribution in [2.75, 3.05) is 17.7 Å². The van der Waals surface area contributed by atoms with E-state index in [4.69, 9.17) is 5.73 Å². The zero-order chi connectivity index (χ0) is 20.1. The van der Waals surface area contributed by atoms with Crippen LogP contribution in [0, 0.1) is 26.7 Å². The van der Waals surface area contributed by atoms with Crippen molar-refractivity contribution in [3.05, 3.63) is 56.6 Å². The van der Waals surface area contributed by atoms with Gasteiger partial charge in [0.15, 0.2) is 0 Å².